The van der Waals surface area contributed by atoms with Crippen LogP contribution in [0.25, 0.3) is 0 Å². The Morgan fingerprint density at radius 2 is 1.50 bits per heavy atom. The fourth-order valence-corrected chi connectivity index (χ4v) is 2.45. The van der Waals surface area contributed by atoms with Crippen molar-refractivity contribution in [1.82, 2.24) is 4.98 Å². The second-order valence-electron chi connectivity index (χ2n) is 5.93. The Labute approximate surface area is 152 Å². The van der Waals surface area contributed by atoms with Gasteiger partial charge in [-0.1, -0.05) is 42.0 Å². The molecule has 1 aromatic heterocycles. The first-order chi connectivity index (χ1) is 12.5. The Morgan fingerprint density at radius 1 is 0.846 bits per heavy atom. The van der Waals surface area contributed by atoms with Gasteiger partial charge in [0.25, 0.3) is 11.8 Å². The quantitative estimate of drug-likeness (QED) is 0.779. The van der Waals surface area contributed by atoms with Gasteiger partial charge in [-0.15, -0.1) is 0 Å². The minimum Gasteiger partial charge on any atom is -0.321 e. The molecule has 0 bridgehead atoms. The molecule has 3 rings (SSSR count). The Bertz CT molecular complexity index is 922. The van der Waals surface area contributed by atoms with Crippen molar-refractivity contribution in [1.29, 1.82) is 0 Å². The van der Waals surface area contributed by atoms with Crippen LogP contribution in [0.5, 0.6) is 0 Å². The molecule has 5 nitrogen and oxygen atoms in total. The molecule has 0 saturated heterocycles. The minimum atomic E-state index is -0.356. The van der Waals surface area contributed by atoms with Gasteiger partial charge in [-0.3, -0.25) is 9.59 Å². The molecule has 26 heavy (non-hydrogen) atoms. The van der Waals surface area contributed by atoms with Crippen molar-refractivity contribution in [3.63, 3.8) is 0 Å². The Hall–Kier alpha value is -3.47. The fraction of sp³-hybridized carbons (Fsp3) is 0.0952. The number of para-hydroxylation sites is 1. The SMILES string of the molecule is Cc1ccc(NC(=O)c2cccc(C(=O)N(C)c3ccccc3)n2)cc1. The van der Waals surface area contributed by atoms with Gasteiger partial charge in [0.1, 0.15) is 11.4 Å². The summed E-state index contributed by atoms with van der Waals surface area (Å²) < 4.78 is 0. The van der Waals surface area contributed by atoms with Crippen molar-refractivity contribution in [3.8, 4) is 0 Å². The van der Waals surface area contributed by atoms with Crippen LogP contribution in [0, 0.1) is 6.92 Å². The third-order valence-corrected chi connectivity index (χ3v) is 3.96. The summed E-state index contributed by atoms with van der Waals surface area (Å²) >= 11 is 0. The summed E-state index contributed by atoms with van der Waals surface area (Å²) in [5, 5.41) is 2.79. The van der Waals surface area contributed by atoms with Crippen molar-refractivity contribution in [2.24, 2.45) is 0 Å². The van der Waals surface area contributed by atoms with Crippen molar-refractivity contribution in [3.05, 3.63) is 89.7 Å². The summed E-state index contributed by atoms with van der Waals surface area (Å²) in [7, 11) is 1.68. The lowest BCUT2D eigenvalue weighted by atomic mass is 10.2. The van der Waals surface area contributed by atoms with Crippen LogP contribution in [-0.4, -0.2) is 23.8 Å². The van der Waals surface area contributed by atoms with Gasteiger partial charge in [-0.05, 0) is 43.3 Å². The lowest BCUT2D eigenvalue weighted by molar-refractivity contribution is 0.0988. The largest absolute Gasteiger partial charge is 0.321 e. The van der Waals surface area contributed by atoms with Crippen LogP contribution in [0.2, 0.25) is 0 Å². The predicted molar refractivity (Wildman–Crippen MR) is 103 cm³/mol. The van der Waals surface area contributed by atoms with Crippen LogP contribution in [0.15, 0.2) is 72.8 Å². The number of aromatic nitrogens is 1. The zero-order valence-corrected chi connectivity index (χ0v) is 14.6. The van der Waals surface area contributed by atoms with Crippen molar-refractivity contribution < 1.29 is 9.59 Å². The molecule has 3 aromatic rings. The van der Waals surface area contributed by atoms with Gasteiger partial charge in [0, 0.05) is 18.4 Å². The number of hydrogen-bond acceptors (Lipinski definition) is 3. The Morgan fingerprint density at radius 3 is 2.19 bits per heavy atom. The van der Waals surface area contributed by atoms with Crippen LogP contribution < -0.4 is 10.2 Å². The predicted octanol–water partition coefficient (Wildman–Crippen LogP) is 3.92. The van der Waals surface area contributed by atoms with Crippen LogP contribution in [-0.2, 0) is 0 Å². The van der Waals surface area contributed by atoms with Gasteiger partial charge in [0.05, 0.1) is 0 Å². The molecule has 0 aliphatic carbocycles. The molecule has 2 aromatic carbocycles. The molecular weight excluding hydrogens is 326 g/mol. The zero-order chi connectivity index (χ0) is 18.5. The highest BCUT2D eigenvalue weighted by Crippen LogP contribution is 2.15. The number of carbonyl (C=O) groups is 2. The topological polar surface area (TPSA) is 62.3 Å². The first-order valence-corrected chi connectivity index (χ1v) is 8.23. The highest BCUT2D eigenvalue weighted by Gasteiger charge is 2.17. The summed E-state index contributed by atoms with van der Waals surface area (Å²) in [6.45, 7) is 1.98. The number of pyridine rings is 1. The molecule has 1 N–H and O–H groups in total. The third kappa shape index (κ3) is 3.95. The second kappa shape index (κ2) is 7.61. The first-order valence-electron chi connectivity index (χ1n) is 8.23. The Balaban J connectivity index is 1.78. The molecule has 0 aliphatic heterocycles. The van der Waals surface area contributed by atoms with Crippen LogP contribution in [0.3, 0.4) is 0 Å². The number of benzene rings is 2. The van der Waals surface area contributed by atoms with Gasteiger partial charge >= 0.3 is 0 Å². The lowest BCUT2D eigenvalue weighted by Gasteiger charge is -2.17. The van der Waals surface area contributed by atoms with E-state index < -0.39 is 0 Å². The van der Waals surface area contributed by atoms with E-state index in [1.54, 1.807) is 25.2 Å². The van der Waals surface area contributed by atoms with E-state index in [9.17, 15) is 9.59 Å². The molecule has 0 aliphatic rings. The molecule has 0 saturated carbocycles. The minimum absolute atomic E-state index is 0.192. The number of nitrogens with zero attached hydrogens (tertiary/aromatic N) is 2. The maximum Gasteiger partial charge on any atom is 0.276 e. The average Bonchev–Trinajstić information content (AvgIpc) is 2.69. The van der Waals surface area contributed by atoms with Crippen molar-refractivity contribution >= 4 is 23.2 Å². The highest BCUT2D eigenvalue weighted by atomic mass is 16.2. The molecule has 0 spiro atoms. The van der Waals surface area contributed by atoms with Gasteiger partial charge in [-0.2, -0.15) is 0 Å². The normalized spacial score (nSPS) is 10.2. The van der Waals surface area contributed by atoms with E-state index in [-0.39, 0.29) is 23.2 Å². The van der Waals surface area contributed by atoms with E-state index in [1.807, 2.05) is 61.5 Å². The van der Waals surface area contributed by atoms with E-state index in [1.165, 1.54) is 4.90 Å². The number of nitrogens with one attached hydrogen (secondary N) is 1. The molecule has 5 heteroatoms. The van der Waals surface area contributed by atoms with Crippen LogP contribution >= 0.6 is 0 Å². The smallest absolute Gasteiger partial charge is 0.276 e. The van der Waals surface area contributed by atoms with Crippen molar-refractivity contribution in [2.75, 3.05) is 17.3 Å². The summed E-state index contributed by atoms with van der Waals surface area (Å²) in [5.41, 5.74) is 2.96. The molecular formula is C21H19N3O2. The van der Waals surface area contributed by atoms with E-state index in [4.69, 9.17) is 0 Å². The standard InChI is InChI=1S/C21H19N3O2/c1-15-11-13-16(14-12-15)22-20(25)18-9-6-10-19(23-18)21(26)24(2)17-7-4-3-5-8-17/h3-14H,1-2H3,(H,22,25). The number of anilines is 2. The van der Waals surface area contributed by atoms with E-state index in [0.717, 1.165) is 11.3 Å². The number of aryl methyl sites for hydroxylation is 1. The van der Waals surface area contributed by atoms with Gasteiger partial charge in [0.2, 0.25) is 0 Å². The lowest BCUT2D eigenvalue weighted by Crippen LogP contribution is -2.27. The van der Waals surface area contributed by atoms with Crippen molar-refractivity contribution in [2.45, 2.75) is 6.92 Å². The zero-order valence-electron chi connectivity index (χ0n) is 14.6. The number of carbonyl (C=O) groups excluding carboxylic acids is 2. The summed E-state index contributed by atoms with van der Waals surface area (Å²) in [5.74, 6) is -0.632. The molecule has 0 fully saturated rings. The highest BCUT2D eigenvalue weighted by molar-refractivity contribution is 6.06. The summed E-state index contributed by atoms with van der Waals surface area (Å²) in [6, 6.07) is 21.6. The van der Waals surface area contributed by atoms with Gasteiger partial charge in [0.15, 0.2) is 0 Å². The molecule has 2 amide bonds. The number of rotatable bonds is 4. The van der Waals surface area contributed by atoms with E-state index in [2.05, 4.69) is 10.3 Å². The molecule has 1 heterocycles. The average molecular weight is 345 g/mol. The van der Waals surface area contributed by atoms with Gasteiger partial charge in [-0.25, -0.2) is 4.98 Å². The first kappa shape index (κ1) is 17.4. The maximum absolute atomic E-state index is 12.6. The molecule has 130 valence electrons. The second-order valence-corrected chi connectivity index (χ2v) is 5.93. The number of hydrogen-bond donors (Lipinski definition) is 1. The monoisotopic (exact) mass is 345 g/mol. The summed E-state index contributed by atoms with van der Waals surface area (Å²) in [4.78, 5) is 30.8. The van der Waals surface area contributed by atoms with Crippen LogP contribution in [0.1, 0.15) is 26.5 Å². The summed E-state index contributed by atoms with van der Waals surface area (Å²) in [6.07, 6.45) is 0. The van der Waals surface area contributed by atoms with E-state index >= 15 is 0 Å². The molecule has 0 radical (unpaired) electrons. The molecule has 0 atom stereocenters. The van der Waals surface area contributed by atoms with E-state index in [0.29, 0.717) is 5.69 Å². The number of amides is 2. The maximum atomic E-state index is 12.6. The Kier molecular flexibility index (Phi) is 5.08. The van der Waals surface area contributed by atoms with Crippen LogP contribution in [0.4, 0.5) is 11.4 Å². The van der Waals surface area contributed by atoms with Gasteiger partial charge < -0.3 is 10.2 Å². The molecule has 0 unspecified atom stereocenters. The fourth-order valence-electron chi connectivity index (χ4n) is 2.45. The third-order valence-electron chi connectivity index (χ3n) is 3.96.